The zero-order valence-corrected chi connectivity index (χ0v) is 15.3. The molecule has 4 rings (SSSR count). The predicted octanol–water partition coefficient (Wildman–Crippen LogP) is 3.70. The largest absolute Gasteiger partial charge is 0.329 e. The number of hydrogen-bond acceptors (Lipinski definition) is 3. The van der Waals surface area contributed by atoms with Crippen LogP contribution < -0.4 is 11.1 Å². The van der Waals surface area contributed by atoms with Gasteiger partial charge in [0.1, 0.15) is 11.5 Å². The van der Waals surface area contributed by atoms with Gasteiger partial charge >= 0.3 is 0 Å². The van der Waals surface area contributed by atoms with Gasteiger partial charge in [0, 0.05) is 24.7 Å². The number of benzene rings is 1. The topological polar surface area (TPSA) is 72.9 Å². The molecule has 1 heterocycles. The van der Waals surface area contributed by atoms with Crippen LogP contribution in [-0.4, -0.2) is 21.5 Å². The van der Waals surface area contributed by atoms with Gasteiger partial charge in [-0.2, -0.15) is 0 Å². The molecule has 0 spiro atoms. The van der Waals surface area contributed by atoms with Gasteiger partial charge in [0.15, 0.2) is 0 Å². The van der Waals surface area contributed by atoms with Crippen LogP contribution in [0.4, 0.5) is 10.1 Å². The van der Waals surface area contributed by atoms with Crippen molar-refractivity contribution in [2.24, 2.45) is 24.6 Å². The molecule has 1 aromatic carbocycles. The Labute approximate surface area is 156 Å². The second kappa shape index (κ2) is 6.67. The Morgan fingerprint density at radius 1 is 1.31 bits per heavy atom. The molecule has 0 bridgehead atoms. The van der Waals surface area contributed by atoms with Crippen LogP contribution in [-0.2, 0) is 7.05 Å². The van der Waals surface area contributed by atoms with E-state index in [1.807, 2.05) is 7.05 Å². The first-order chi connectivity index (χ1) is 12.4. The summed E-state index contributed by atoms with van der Waals surface area (Å²) in [5, 5.41) is 2.78. The summed E-state index contributed by atoms with van der Waals surface area (Å²) in [6, 6.07) is 4.47. The number of nitrogens with one attached hydrogen (secondary N) is 1. The van der Waals surface area contributed by atoms with E-state index < -0.39 is 5.82 Å². The summed E-state index contributed by atoms with van der Waals surface area (Å²) in [7, 11) is 1.81. The number of nitrogens with two attached hydrogens (primary N) is 1. The van der Waals surface area contributed by atoms with Crippen molar-refractivity contribution in [3.63, 3.8) is 0 Å². The van der Waals surface area contributed by atoms with Gasteiger partial charge in [0.2, 0.25) is 0 Å². The van der Waals surface area contributed by atoms with Gasteiger partial charge in [-0.15, -0.1) is 0 Å². The van der Waals surface area contributed by atoms with E-state index in [1.165, 1.54) is 18.2 Å². The van der Waals surface area contributed by atoms with Crippen LogP contribution in [0, 0.1) is 17.7 Å². The summed E-state index contributed by atoms with van der Waals surface area (Å²) < 4.78 is 15.1. The fraction of sp³-hybridized carbons (Fsp3) is 0.474. The van der Waals surface area contributed by atoms with E-state index in [0.29, 0.717) is 29.3 Å². The van der Waals surface area contributed by atoms with Gasteiger partial charge in [-0.1, -0.05) is 11.6 Å². The molecule has 2 fully saturated rings. The number of hydrogen-bond donors (Lipinski definition) is 2. The maximum Gasteiger partial charge on any atom is 0.274 e. The third kappa shape index (κ3) is 3.12. The number of anilines is 1. The zero-order valence-electron chi connectivity index (χ0n) is 14.6. The van der Waals surface area contributed by atoms with Crippen molar-refractivity contribution in [1.82, 2.24) is 9.55 Å². The molecule has 2 atom stereocenters. The minimum Gasteiger partial charge on any atom is -0.329 e. The minimum absolute atomic E-state index is 0.0204. The predicted molar refractivity (Wildman–Crippen MR) is 98.7 cm³/mol. The molecule has 1 amide bonds. The normalized spacial score (nSPS) is 27.5. The molecule has 138 valence electrons. The number of rotatable bonds is 3. The molecule has 5 nitrogen and oxygen atoms in total. The van der Waals surface area contributed by atoms with Crippen molar-refractivity contribution < 1.29 is 9.18 Å². The first-order valence-electron chi connectivity index (χ1n) is 8.95. The zero-order chi connectivity index (χ0) is 18.4. The SMILES string of the molecule is Cn1cnc(C2CC3CC(N)CC3C2)c1C(=O)Nc1ccc(F)c(Cl)c1. The Morgan fingerprint density at radius 2 is 2.00 bits per heavy atom. The van der Waals surface area contributed by atoms with Crippen LogP contribution in [0.5, 0.6) is 0 Å². The number of carbonyl (C=O) groups excluding carboxylic acids is 1. The van der Waals surface area contributed by atoms with Crippen molar-refractivity contribution in [2.75, 3.05) is 5.32 Å². The summed E-state index contributed by atoms with van der Waals surface area (Å²) in [6.45, 7) is 0. The highest BCUT2D eigenvalue weighted by atomic mass is 35.5. The molecule has 7 heteroatoms. The van der Waals surface area contributed by atoms with Gasteiger partial charge in [-0.3, -0.25) is 4.79 Å². The van der Waals surface area contributed by atoms with Crippen molar-refractivity contribution in [3.05, 3.63) is 46.8 Å². The maximum atomic E-state index is 13.3. The molecule has 0 aliphatic heterocycles. The quantitative estimate of drug-likeness (QED) is 0.857. The van der Waals surface area contributed by atoms with Crippen LogP contribution in [0.25, 0.3) is 0 Å². The second-order valence-corrected chi connectivity index (χ2v) is 8.00. The summed E-state index contributed by atoms with van der Waals surface area (Å²) in [5.74, 6) is 0.807. The fourth-order valence-electron chi connectivity index (χ4n) is 4.67. The van der Waals surface area contributed by atoms with Crippen LogP contribution in [0.3, 0.4) is 0 Å². The van der Waals surface area contributed by atoms with Gasteiger partial charge in [0.05, 0.1) is 17.0 Å². The average Bonchev–Trinajstić information content (AvgIpc) is 3.23. The molecule has 2 aromatic rings. The lowest BCUT2D eigenvalue weighted by Crippen LogP contribution is -2.19. The number of aryl methyl sites for hydroxylation is 1. The third-order valence-electron chi connectivity index (χ3n) is 5.80. The fourth-order valence-corrected chi connectivity index (χ4v) is 4.85. The van der Waals surface area contributed by atoms with Crippen molar-refractivity contribution in [1.29, 1.82) is 0 Å². The molecule has 0 saturated heterocycles. The monoisotopic (exact) mass is 376 g/mol. The molecule has 2 unspecified atom stereocenters. The molecule has 2 aliphatic rings. The Balaban J connectivity index is 1.55. The lowest BCUT2D eigenvalue weighted by atomic mass is 9.97. The van der Waals surface area contributed by atoms with E-state index in [0.717, 1.165) is 31.4 Å². The number of aromatic nitrogens is 2. The molecular formula is C19H22ClFN4O. The Kier molecular flexibility index (Phi) is 4.49. The lowest BCUT2D eigenvalue weighted by molar-refractivity contribution is 0.101. The van der Waals surface area contributed by atoms with Crippen molar-refractivity contribution in [2.45, 2.75) is 37.6 Å². The lowest BCUT2D eigenvalue weighted by Gasteiger charge is -2.14. The summed E-state index contributed by atoms with van der Waals surface area (Å²) >= 11 is 5.80. The maximum absolute atomic E-state index is 13.3. The highest BCUT2D eigenvalue weighted by Crippen LogP contribution is 2.50. The number of imidazole rings is 1. The van der Waals surface area contributed by atoms with E-state index in [9.17, 15) is 9.18 Å². The van der Waals surface area contributed by atoms with Gasteiger partial charge in [0.25, 0.3) is 5.91 Å². The molecule has 0 radical (unpaired) electrons. The van der Waals surface area contributed by atoms with Gasteiger partial charge in [-0.05, 0) is 55.7 Å². The van der Waals surface area contributed by atoms with Crippen LogP contribution >= 0.6 is 11.6 Å². The molecule has 1 aromatic heterocycles. The summed E-state index contributed by atoms with van der Waals surface area (Å²) in [6.07, 6.45) is 5.91. The second-order valence-electron chi connectivity index (χ2n) is 7.59. The molecule has 2 saturated carbocycles. The van der Waals surface area contributed by atoms with E-state index in [2.05, 4.69) is 10.3 Å². The van der Waals surface area contributed by atoms with Gasteiger partial charge in [-0.25, -0.2) is 9.37 Å². The number of halogens is 2. The number of fused-ring (bicyclic) bond motifs is 1. The van der Waals surface area contributed by atoms with E-state index >= 15 is 0 Å². The highest BCUT2D eigenvalue weighted by Gasteiger charge is 2.42. The molecule has 3 N–H and O–H groups in total. The molecular weight excluding hydrogens is 355 g/mol. The van der Waals surface area contributed by atoms with Crippen LogP contribution in [0.2, 0.25) is 5.02 Å². The standard InChI is InChI=1S/C19H22ClFN4O/c1-25-9-23-17(12-4-10-6-13(22)7-11(10)5-12)18(25)19(26)24-14-2-3-16(21)15(20)8-14/h2-3,8-13H,4-7,22H2,1H3,(H,24,26). The van der Waals surface area contributed by atoms with E-state index in [4.69, 9.17) is 17.3 Å². The Hall–Kier alpha value is -1.92. The summed E-state index contributed by atoms with van der Waals surface area (Å²) in [5.41, 5.74) is 7.94. The van der Waals surface area contributed by atoms with Crippen molar-refractivity contribution >= 4 is 23.2 Å². The first kappa shape index (κ1) is 17.5. The first-order valence-corrected chi connectivity index (χ1v) is 9.33. The van der Waals surface area contributed by atoms with Crippen LogP contribution in [0.1, 0.15) is 47.8 Å². The Morgan fingerprint density at radius 3 is 2.65 bits per heavy atom. The molecule has 26 heavy (non-hydrogen) atoms. The van der Waals surface area contributed by atoms with Crippen molar-refractivity contribution in [3.8, 4) is 0 Å². The average molecular weight is 377 g/mol. The number of carbonyl (C=O) groups is 1. The Bertz CT molecular complexity index is 838. The number of nitrogens with zero attached hydrogens (tertiary/aromatic N) is 2. The molecule has 2 aliphatic carbocycles. The number of amides is 1. The van der Waals surface area contributed by atoms with E-state index in [1.54, 1.807) is 10.9 Å². The summed E-state index contributed by atoms with van der Waals surface area (Å²) in [4.78, 5) is 17.4. The highest BCUT2D eigenvalue weighted by molar-refractivity contribution is 6.31. The smallest absolute Gasteiger partial charge is 0.274 e. The third-order valence-corrected chi connectivity index (χ3v) is 6.09. The van der Waals surface area contributed by atoms with Crippen LogP contribution in [0.15, 0.2) is 24.5 Å². The van der Waals surface area contributed by atoms with E-state index in [-0.39, 0.29) is 16.8 Å². The minimum atomic E-state index is -0.512. The van der Waals surface area contributed by atoms with Gasteiger partial charge < -0.3 is 15.6 Å².